The molecule has 0 spiro atoms. The first-order chi connectivity index (χ1) is 20.6. The summed E-state index contributed by atoms with van der Waals surface area (Å²) >= 11 is 0. The Balaban J connectivity index is 1.49. The number of carbonyl (C=O) groups is 2. The zero-order valence-electron chi connectivity index (χ0n) is 24.7. The largest absolute Gasteiger partial charge is 0.416 e. The Morgan fingerprint density at radius 1 is 0.953 bits per heavy atom. The summed E-state index contributed by atoms with van der Waals surface area (Å²) in [4.78, 5) is 28.9. The molecule has 9 heteroatoms. The molecule has 43 heavy (non-hydrogen) atoms. The molecule has 0 aromatic heterocycles. The van der Waals surface area contributed by atoms with E-state index in [1.54, 1.807) is 24.3 Å². The van der Waals surface area contributed by atoms with E-state index in [0.717, 1.165) is 43.4 Å². The van der Waals surface area contributed by atoms with Crippen molar-refractivity contribution in [1.82, 2.24) is 15.5 Å². The maximum absolute atomic E-state index is 13.7. The number of hydrogen-bond acceptors (Lipinski definition) is 4. The van der Waals surface area contributed by atoms with Gasteiger partial charge in [-0.3, -0.25) is 9.59 Å². The number of halogens is 3. The Hall–Kier alpha value is -3.69. The van der Waals surface area contributed by atoms with Gasteiger partial charge in [-0.15, -0.1) is 0 Å². The van der Waals surface area contributed by atoms with E-state index in [-0.39, 0.29) is 30.9 Å². The van der Waals surface area contributed by atoms with Crippen LogP contribution in [0.25, 0.3) is 0 Å². The third-order valence-electron chi connectivity index (χ3n) is 7.94. The van der Waals surface area contributed by atoms with Gasteiger partial charge in [-0.25, -0.2) is 0 Å². The number of carbonyl (C=O) groups excluding carboxylic acids is 2. The lowest BCUT2D eigenvalue weighted by molar-refractivity contribution is -0.137. The van der Waals surface area contributed by atoms with Crippen LogP contribution in [0.5, 0.6) is 0 Å². The molecule has 3 aromatic rings. The topological polar surface area (TPSA) is 81.7 Å². The van der Waals surface area contributed by atoms with Crippen molar-refractivity contribution in [3.63, 3.8) is 0 Å². The lowest BCUT2D eigenvalue weighted by Gasteiger charge is -2.27. The Bertz CT molecular complexity index is 1370. The number of hydrogen-bond donors (Lipinski definition) is 3. The van der Waals surface area contributed by atoms with Crippen LogP contribution in [0.4, 0.5) is 13.2 Å². The number of amides is 2. The van der Waals surface area contributed by atoms with Crippen molar-refractivity contribution in [1.29, 1.82) is 0 Å². The third-order valence-corrected chi connectivity index (χ3v) is 7.94. The summed E-state index contributed by atoms with van der Waals surface area (Å²) < 4.78 is 39.3. The lowest BCUT2D eigenvalue weighted by atomic mass is 9.98. The fraction of sp³-hybridized carbons (Fsp3) is 0.412. The van der Waals surface area contributed by atoms with E-state index in [9.17, 15) is 27.9 Å². The smallest absolute Gasteiger partial charge is 0.390 e. The molecule has 0 radical (unpaired) electrons. The molecule has 0 aliphatic carbocycles. The van der Waals surface area contributed by atoms with Crippen molar-refractivity contribution in [2.24, 2.45) is 0 Å². The minimum absolute atomic E-state index is 0.0445. The second kappa shape index (κ2) is 14.7. The van der Waals surface area contributed by atoms with Crippen molar-refractivity contribution in [2.45, 2.75) is 83.4 Å². The predicted molar refractivity (Wildman–Crippen MR) is 160 cm³/mol. The van der Waals surface area contributed by atoms with Crippen LogP contribution >= 0.6 is 0 Å². The first kappa shape index (κ1) is 32.2. The van der Waals surface area contributed by atoms with Crippen molar-refractivity contribution in [3.8, 4) is 0 Å². The van der Waals surface area contributed by atoms with E-state index < -0.39 is 23.9 Å². The lowest BCUT2D eigenvalue weighted by Crippen LogP contribution is -2.48. The molecule has 2 atom stereocenters. The van der Waals surface area contributed by atoms with E-state index in [1.807, 2.05) is 35.2 Å². The number of nitrogens with one attached hydrogen (secondary N) is 2. The minimum Gasteiger partial charge on any atom is -0.390 e. The summed E-state index contributed by atoms with van der Waals surface area (Å²) in [7, 11) is 0. The molecule has 0 saturated carbocycles. The van der Waals surface area contributed by atoms with Gasteiger partial charge in [0, 0.05) is 36.8 Å². The van der Waals surface area contributed by atoms with Crippen molar-refractivity contribution < 1.29 is 27.9 Å². The standard InChI is InChI=1S/C34H40F3N3O3/c1-3-10-26(11-4-2)40-22-29-27(16-9-17-28(29)33(40)43)32(42)39-30(19-23-12-6-5-7-13-23)31(41)21-38-20-24-14-8-15-25(18-24)34(35,36)37/h5-9,12-18,26,30-31,38,41H,3-4,10-11,19-22H2,1-2H3,(H,39,42). The van der Waals surface area contributed by atoms with Gasteiger partial charge in [0.2, 0.25) is 0 Å². The fourth-order valence-electron chi connectivity index (χ4n) is 5.75. The van der Waals surface area contributed by atoms with Crippen LogP contribution in [0.15, 0.2) is 72.8 Å². The second-order valence-electron chi connectivity index (χ2n) is 11.2. The zero-order valence-corrected chi connectivity index (χ0v) is 24.7. The highest BCUT2D eigenvalue weighted by Crippen LogP contribution is 2.31. The summed E-state index contributed by atoms with van der Waals surface area (Å²) in [5.74, 6) is -0.442. The Morgan fingerprint density at radius 3 is 2.30 bits per heavy atom. The Kier molecular flexibility index (Phi) is 11.0. The van der Waals surface area contributed by atoms with Crippen molar-refractivity contribution in [2.75, 3.05) is 6.54 Å². The van der Waals surface area contributed by atoms with Crippen LogP contribution in [0, 0.1) is 0 Å². The number of alkyl halides is 3. The first-order valence-electron chi connectivity index (χ1n) is 14.9. The van der Waals surface area contributed by atoms with Gasteiger partial charge < -0.3 is 20.6 Å². The average Bonchev–Trinajstić information content (AvgIpc) is 3.33. The molecule has 2 unspecified atom stereocenters. The summed E-state index contributed by atoms with van der Waals surface area (Å²) in [5.41, 5.74) is 2.24. The minimum atomic E-state index is -4.44. The highest BCUT2D eigenvalue weighted by molar-refractivity contribution is 6.04. The van der Waals surface area contributed by atoms with Gasteiger partial charge in [0.15, 0.2) is 0 Å². The monoisotopic (exact) mass is 595 g/mol. The van der Waals surface area contributed by atoms with Gasteiger partial charge in [0.25, 0.3) is 11.8 Å². The fourth-order valence-corrected chi connectivity index (χ4v) is 5.75. The van der Waals surface area contributed by atoms with Crippen LogP contribution in [-0.2, 0) is 25.7 Å². The van der Waals surface area contributed by atoms with E-state index >= 15 is 0 Å². The molecule has 4 rings (SSSR count). The van der Waals surface area contributed by atoms with E-state index in [1.165, 1.54) is 6.07 Å². The Labute approximate surface area is 251 Å². The van der Waals surface area contributed by atoms with E-state index in [4.69, 9.17) is 0 Å². The normalized spacial score (nSPS) is 14.6. The van der Waals surface area contributed by atoms with Crippen LogP contribution < -0.4 is 10.6 Å². The van der Waals surface area contributed by atoms with Gasteiger partial charge in [-0.1, -0.05) is 81.3 Å². The van der Waals surface area contributed by atoms with Crippen LogP contribution in [0.3, 0.4) is 0 Å². The summed E-state index contributed by atoms with van der Waals surface area (Å²) in [5, 5.41) is 17.2. The molecule has 1 heterocycles. The molecule has 3 aromatic carbocycles. The van der Waals surface area contributed by atoms with E-state index in [2.05, 4.69) is 24.5 Å². The Morgan fingerprint density at radius 2 is 1.63 bits per heavy atom. The number of aliphatic hydroxyl groups is 1. The number of nitrogens with zero attached hydrogens (tertiary/aromatic N) is 1. The number of benzene rings is 3. The first-order valence-corrected chi connectivity index (χ1v) is 14.9. The molecule has 3 N–H and O–H groups in total. The predicted octanol–water partition coefficient (Wildman–Crippen LogP) is 6.12. The molecule has 1 aliphatic rings. The van der Waals surface area contributed by atoms with E-state index in [0.29, 0.717) is 35.2 Å². The van der Waals surface area contributed by atoms with Gasteiger partial charge in [0.1, 0.15) is 0 Å². The van der Waals surface area contributed by atoms with Crippen molar-refractivity contribution in [3.05, 3.63) is 106 Å². The highest BCUT2D eigenvalue weighted by atomic mass is 19.4. The number of fused-ring (bicyclic) bond motifs is 1. The zero-order chi connectivity index (χ0) is 31.0. The summed E-state index contributed by atoms with van der Waals surface area (Å²) in [6.07, 6.45) is -1.43. The highest BCUT2D eigenvalue weighted by Gasteiger charge is 2.35. The molecular formula is C34H40F3N3O3. The third kappa shape index (κ3) is 8.24. The molecule has 6 nitrogen and oxygen atoms in total. The van der Waals surface area contributed by atoms with Crippen LogP contribution in [0.2, 0.25) is 0 Å². The molecular weight excluding hydrogens is 555 g/mol. The molecule has 2 amide bonds. The van der Waals surface area contributed by atoms with Crippen LogP contribution in [-0.4, -0.2) is 46.6 Å². The maximum atomic E-state index is 13.7. The average molecular weight is 596 g/mol. The SMILES string of the molecule is CCCC(CCC)N1Cc2c(C(=O)NC(Cc3ccccc3)C(O)CNCc3cccc(C(F)(F)F)c3)cccc2C1=O. The number of rotatable bonds is 14. The molecule has 0 saturated heterocycles. The number of aliphatic hydroxyl groups excluding tert-OH is 1. The summed E-state index contributed by atoms with van der Waals surface area (Å²) in [6.45, 7) is 4.73. The summed E-state index contributed by atoms with van der Waals surface area (Å²) in [6, 6.07) is 19.1. The molecule has 230 valence electrons. The van der Waals surface area contributed by atoms with Gasteiger partial charge in [-0.05, 0) is 54.2 Å². The van der Waals surface area contributed by atoms with Gasteiger partial charge in [0.05, 0.1) is 17.7 Å². The quantitative estimate of drug-likeness (QED) is 0.210. The van der Waals surface area contributed by atoms with Gasteiger partial charge in [-0.2, -0.15) is 13.2 Å². The van der Waals surface area contributed by atoms with Gasteiger partial charge >= 0.3 is 6.18 Å². The maximum Gasteiger partial charge on any atom is 0.416 e. The van der Waals surface area contributed by atoms with Crippen molar-refractivity contribution >= 4 is 11.8 Å². The molecule has 1 aliphatic heterocycles. The molecule has 0 bridgehead atoms. The molecule has 0 fully saturated rings. The van der Waals surface area contributed by atoms with Crippen LogP contribution in [0.1, 0.15) is 82.5 Å². The second-order valence-corrected chi connectivity index (χ2v) is 11.2.